The van der Waals surface area contributed by atoms with Gasteiger partial charge in [-0.1, -0.05) is 0 Å². The summed E-state index contributed by atoms with van der Waals surface area (Å²) >= 11 is 0. The van der Waals surface area contributed by atoms with Gasteiger partial charge in [-0.3, -0.25) is 4.79 Å². The zero-order valence-electron chi connectivity index (χ0n) is 16.3. The smallest absolute Gasteiger partial charge is 0.343 e. The highest BCUT2D eigenvalue weighted by atomic mass is 16.5. The third kappa shape index (κ3) is 2.89. The molecule has 0 spiro atoms. The van der Waals surface area contributed by atoms with E-state index in [0.29, 0.717) is 29.8 Å². The van der Waals surface area contributed by atoms with Crippen LogP contribution in [0.2, 0.25) is 0 Å². The molecular weight excluding hydrogens is 378 g/mol. The van der Waals surface area contributed by atoms with Gasteiger partial charge in [0.15, 0.2) is 17.3 Å². The van der Waals surface area contributed by atoms with Gasteiger partial charge in [0.1, 0.15) is 17.4 Å². The highest BCUT2D eigenvalue weighted by Crippen LogP contribution is 2.45. The second-order valence-corrected chi connectivity index (χ2v) is 6.81. The van der Waals surface area contributed by atoms with E-state index in [9.17, 15) is 14.7 Å². The first kappa shape index (κ1) is 18.9. The number of carbonyl (C=O) groups is 2. The molecule has 1 atom stereocenters. The summed E-state index contributed by atoms with van der Waals surface area (Å²) in [6.07, 6.45) is 3.25. The second kappa shape index (κ2) is 7.16. The van der Waals surface area contributed by atoms with E-state index >= 15 is 0 Å². The molecule has 152 valence electrons. The zero-order valence-corrected chi connectivity index (χ0v) is 16.3. The third-order valence-electron chi connectivity index (χ3n) is 5.26. The molecule has 2 aliphatic rings. The first-order chi connectivity index (χ1) is 14.0. The number of nitrogens with zero attached hydrogens (tertiary/aromatic N) is 2. The number of ether oxygens (including phenoxy) is 3. The van der Waals surface area contributed by atoms with E-state index in [1.165, 1.54) is 27.5 Å². The number of Topliss-reactive ketones (excluding diaryl/α,β-unsaturated/α-hetero) is 1. The van der Waals surface area contributed by atoms with Gasteiger partial charge in [-0.05, 0) is 30.5 Å². The summed E-state index contributed by atoms with van der Waals surface area (Å²) < 4.78 is 17.0. The van der Waals surface area contributed by atoms with Crippen LogP contribution in [0.5, 0.6) is 17.2 Å². The van der Waals surface area contributed by atoms with Gasteiger partial charge in [0.05, 0.1) is 27.5 Å². The van der Waals surface area contributed by atoms with Crippen LogP contribution >= 0.6 is 0 Å². The van der Waals surface area contributed by atoms with Crippen molar-refractivity contribution in [3.63, 3.8) is 0 Å². The minimum absolute atomic E-state index is 0.00975. The molecular formula is C20H21N3O6. The Kier molecular flexibility index (Phi) is 4.65. The number of aromatic hydroxyl groups is 1. The number of methoxy groups -OCH3 is 3. The van der Waals surface area contributed by atoms with Crippen molar-refractivity contribution in [2.45, 2.75) is 25.3 Å². The van der Waals surface area contributed by atoms with E-state index in [4.69, 9.17) is 14.2 Å². The Bertz CT molecular complexity index is 1010. The van der Waals surface area contributed by atoms with Crippen LogP contribution in [-0.2, 0) is 9.53 Å². The number of benzene rings is 1. The number of ketones is 1. The molecule has 1 aliphatic carbocycles. The average molecular weight is 399 g/mol. The van der Waals surface area contributed by atoms with Crippen LogP contribution in [-0.4, -0.2) is 48.0 Å². The Morgan fingerprint density at radius 2 is 1.90 bits per heavy atom. The number of nitrogens with one attached hydrogen (secondary N) is 1. The van der Waals surface area contributed by atoms with Crippen LogP contribution in [0.25, 0.3) is 0 Å². The summed E-state index contributed by atoms with van der Waals surface area (Å²) in [5.41, 5.74) is 2.26. The molecule has 1 aromatic carbocycles. The molecule has 29 heavy (non-hydrogen) atoms. The van der Waals surface area contributed by atoms with Crippen LogP contribution in [0.3, 0.4) is 0 Å². The number of esters is 1. The Labute approximate surface area is 166 Å². The van der Waals surface area contributed by atoms with Crippen molar-refractivity contribution in [1.29, 1.82) is 0 Å². The summed E-state index contributed by atoms with van der Waals surface area (Å²) in [4.78, 5) is 25.0. The molecule has 0 fully saturated rings. The van der Waals surface area contributed by atoms with Gasteiger partial charge < -0.3 is 24.6 Å². The number of fused-ring (bicyclic) bond motifs is 1. The van der Waals surface area contributed by atoms with E-state index in [2.05, 4.69) is 10.4 Å². The van der Waals surface area contributed by atoms with Gasteiger partial charge in [0, 0.05) is 17.7 Å². The largest absolute Gasteiger partial charge is 0.502 e. The first-order valence-corrected chi connectivity index (χ1v) is 9.14. The van der Waals surface area contributed by atoms with Crippen LogP contribution in [0.1, 0.15) is 41.2 Å². The molecule has 0 amide bonds. The van der Waals surface area contributed by atoms with Crippen LogP contribution in [0.15, 0.2) is 29.6 Å². The maximum absolute atomic E-state index is 12.9. The van der Waals surface area contributed by atoms with Crippen molar-refractivity contribution < 1.29 is 28.9 Å². The molecule has 0 saturated carbocycles. The predicted molar refractivity (Wildman–Crippen MR) is 102 cm³/mol. The summed E-state index contributed by atoms with van der Waals surface area (Å²) in [7, 11) is 4.18. The third-order valence-corrected chi connectivity index (χ3v) is 5.26. The van der Waals surface area contributed by atoms with Gasteiger partial charge in [0.25, 0.3) is 0 Å². The summed E-state index contributed by atoms with van der Waals surface area (Å²) in [5.74, 6) is 0.240. The normalized spacial score (nSPS) is 17.9. The zero-order chi connectivity index (χ0) is 20.7. The number of aromatic nitrogens is 2. The van der Waals surface area contributed by atoms with Gasteiger partial charge >= 0.3 is 5.97 Å². The molecule has 2 N–H and O–H groups in total. The lowest BCUT2D eigenvalue weighted by atomic mass is 9.85. The van der Waals surface area contributed by atoms with Crippen molar-refractivity contribution in [1.82, 2.24) is 9.78 Å². The number of anilines is 1. The number of phenolic OH excluding ortho intramolecular Hbond substituents is 1. The van der Waals surface area contributed by atoms with Crippen molar-refractivity contribution in [2.75, 3.05) is 26.6 Å². The highest BCUT2D eigenvalue weighted by molar-refractivity contribution is 6.01. The number of hydrogen-bond acceptors (Lipinski definition) is 8. The highest BCUT2D eigenvalue weighted by Gasteiger charge is 2.38. The van der Waals surface area contributed by atoms with Crippen molar-refractivity contribution in [2.24, 2.45) is 0 Å². The molecule has 2 aromatic rings. The van der Waals surface area contributed by atoms with Crippen LogP contribution in [0.4, 0.5) is 5.82 Å². The molecule has 4 rings (SSSR count). The standard InChI is InChI=1S/C20H21N3O6/c1-27-14-7-10(8-15(28-2)18(14)25)17-16-12(5-4-6-13(16)24)22-19-11(20(26)29-3)9-21-23(17)19/h7-9,17,22,25H,4-6H2,1-3H3/t17-/m1/s1. The minimum Gasteiger partial charge on any atom is -0.502 e. The molecule has 1 aromatic heterocycles. The Morgan fingerprint density at radius 3 is 2.52 bits per heavy atom. The van der Waals surface area contributed by atoms with Crippen molar-refractivity contribution in [3.8, 4) is 17.2 Å². The van der Waals surface area contributed by atoms with Crippen LogP contribution in [0, 0.1) is 0 Å². The molecule has 9 nitrogen and oxygen atoms in total. The Morgan fingerprint density at radius 1 is 1.21 bits per heavy atom. The fourth-order valence-electron chi connectivity index (χ4n) is 3.90. The van der Waals surface area contributed by atoms with E-state index < -0.39 is 12.0 Å². The number of phenols is 1. The summed E-state index contributed by atoms with van der Waals surface area (Å²) in [6, 6.07) is 2.68. The Hall–Kier alpha value is -3.49. The number of rotatable bonds is 4. The monoisotopic (exact) mass is 399 g/mol. The predicted octanol–water partition coefficient (Wildman–Crippen LogP) is 2.41. The van der Waals surface area contributed by atoms with Crippen molar-refractivity contribution in [3.05, 3.63) is 40.7 Å². The number of hydrogen-bond donors (Lipinski definition) is 2. The maximum Gasteiger partial charge on any atom is 0.343 e. The van der Waals surface area contributed by atoms with E-state index in [-0.39, 0.29) is 28.6 Å². The van der Waals surface area contributed by atoms with E-state index in [1.54, 1.807) is 16.8 Å². The van der Waals surface area contributed by atoms with Gasteiger partial charge in [-0.25, -0.2) is 9.48 Å². The number of allylic oxidation sites excluding steroid dienone is 2. The lowest BCUT2D eigenvalue weighted by Gasteiger charge is -2.33. The molecule has 9 heteroatoms. The van der Waals surface area contributed by atoms with Gasteiger partial charge in [0.2, 0.25) is 5.75 Å². The Balaban J connectivity index is 1.96. The van der Waals surface area contributed by atoms with Gasteiger partial charge in [-0.2, -0.15) is 5.10 Å². The van der Waals surface area contributed by atoms with E-state index in [0.717, 1.165) is 12.1 Å². The summed E-state index contributed by atoms with van der Waals surface area (Å²) in [6.45, 7) is 0. The molecule has 1 aliphatic heterocycles. The number of carbonyl (C=O) groups excluding carboxylic acids is 2. The molecule has 0 radical (unpaired) electrons. The first-order valence-electron chi connectivity index (χ1n) is 9.14. The fraction of sp³-hybridized carbons (Fsp3) is 0.350. The second-order valence-electron chi connectivity index (χ2n) is 6.81. The molecule has 0 bridgehead atoms. The van der Waals surface area contributed by atoms with Gasteiger partial charge in [-0.15, -0.1) is 0 Å². The molecule has 0 saturated heterocycles. The lowest BCUT2D eigenvalue weighted by molar-refractivity contribution is -0.116. The van der Waals surface area contributed by atoms with E-state index in [1.807, 2.05) is 0 Å². The quantitative estimate of drug-likeness (QED) is 0.754. The average Bonchev–Trinajstić information content (AvgIpc) is 3.15. The SMILES string of the molecule is COC(=O)c1cnn2c1NC1=C(C(=O)CCC1)[C@H]2c1cc(OC)c(O)c(OC)c1. The topological polar surface area (TPSA) is 112 Å². The molecule has 0 unspecified atom stereocenters. The fourth-order valence-corrected chi connectivity index (χ4v) is 3.90. The minimum atomic E-state index is -0.601. The van der Waals surface area contributed by atoms with Crippen LogP contribution < -0.4 is 14.8 Å². The maximum atomic E-state index is 12.9. The van der Waals surface area contributed by atoms with Crippen molar-refractivity contribution >= 4 is 17.6 Å². The lowest BCUT2D eigenvalue weighted by Crippen LogP contribution is -2.32. The summed E-state index contributed by atoms with van der Waals surface area (Å²) in [5, 5.41) is 17.8. The molecule has 2 heterocycles.